The van der Waals surface area contributed by atoms with E-state index in [9.17, 15) is 9.90 Å². The van der Waals surface area contributed by atoms with Crippen molar-refractivity contribution in [3.8, 4) is 0 Å². The van der Waals surface area contributed by atoms with Gasteiger partial charge < -0.3 is 14.9 Å². The second-order valence-electron chi connectivity index (χ2n) is 6.36. The standard InChI is InChI=1S/C16H22N6O2/c1-20(14(23)13-9-19-21(2)10-13)11-16(24)5-3-8-22(12-16)15-17-6-4-7-18-15/h4,6-7,9-10,24H,3,5,8,11-12H2,1-2H3/t16-/m0/s1. The zero-order valence-corrected chi connectivity index (χ0v) is 14.0. The Bertz CT molecular complexity index is 704. The van der Waals surface area contributed by atoms with E-state index >= 15 is 0 Å². The molecule has 0 spiro atoms. The number of carbonyl (C=O) groups is 1. The molecule has 3 heterocycles. The smallest absolute Gasteiger partial charge is 0.256 e. The Balaban J connectivity index is 1.67. The van der Waals surface area contributed by atoms with Crippen molar-refractivity contribution < 1.29 is 9.90 Å². The molecule has 3 rings (SSSR count). The van der Waals surface area contributed by atoms with E-state index in [1.807, 2.05) is 4.90 Å². The number of hydrogen-bond acceptors (Lipinski definition) is 6. The lowest BCUT2D eigenvalue weighted by molar-refractivity contribution is -0.000298. The zero-order valence-electron chi connectivity index (χ0n) is 14.0. The number of nitrogens with zero attached hydrogens (tertiary/aromatic N) is 6. The van der Waals surface area contributed by atoms with Gasteiger partial charge in [0, 0.05) is 39.2 Å². The number of piperidine rings is 1. The lowest BCUT2D eigenvalue weighted by atomic mass is 9.92. The van der Waals surface area contributed by atoms with Gasteiger partial charge in [-0.1, -0.05) is 0 Å². The molecule has 128 valence electrons. The van der Waals surface area contributed by atoms with Crippen LogP contribution in [-0.4, -0.2) is 67.9 Å². The summed E-state index contributed by atoms with van der Waals surface area (Å²) in [4.78, 5) is 24.5. The van der Waals surface area contributed by atoms with E-state index < -0.39 is 5.60 Å². The number of aliphatic hydroxyl groups is 1. The second kappa shape index (κ2) is 6.56. The van der Waals surface area contributed by atoms with E-state index in [1.165, 1.54) is 6.20 Å². The van der Waals surface area contributed by atoms with Gasteiger partial charge in [0.2, 0.25) is 5.95 Å². The molecule has 0 bridgehead atoms. The van der Waals surface area contributed by atoms with E-state index in [0.717, 1.165) is 13.0 Å². The Kier molecular flexibility index (Phi) is 4.48. The number of amides is 1. The summed E-state index contributed by atoms with van der Waals surface area (Å²) in [6.45, 7) is 1.46. The minimum Gasteiger partial charge on any atom is -0.386 e. The van der Waals surface area contributed by atoms with Gasteiger partial charge in [0.05, 0.1) is 30.5 Å². The highest BCUT2D eigenvalue weighted by molar-refractivity contribution is 5.93. The van der Waals surface area contributed by atoms with Crippen molar-refractivity contribution in [2.75, 3.05) is 31.6 Å². The number of rotatable bonds is 4. The van der Waals surface area contributed by atoms with Crippen LogP contribution in [0.1, 0.15) is 23.2 Å². The summed E-state index contributed by atoms with van der Waals surface area (Å²) < 4.78 is 1.59. The summed E-state index contributed by atoms with van der Waals surface area (Å²) in [7, 11) is 3.47. The molecule has 1 aliphatic rings. The Morgan fingerprint density at radius 1 is 1.42 bits per heavy atom. The van der Waals surface area contributed by atoms with Crippen molar-refractivity contribution in [1.82, 2.24) is 24.6 Å². The maximum Gasteiger partial charge on any atom is 0.256 e. The van der Waals surface area contributed by atoms with Gasteiger partial charge in [-0.05, 0) is 18.9 Å². The molecule has 8 heteroatoms. The summed E-state index contributed by atoms with van der Waals surface area (Å²) in [6, 6.07) is 1.76. The molecule has 8 nitrogen and oxygen atoms in total. The van der Waals surface area contributed by atoms with Crippen LogP contribution in [-0.2, 0) is 7.05 Å². The summed E-state index contributed by atoms with van der Waals surface area (Å²) in [5.41, 5.74) is -0.466. The lowest BCUT2D eigenvalue weighted by Gasteiger charge is -2.41. The Morgan fingerprint density at radius 2 is 2.17 bits per heavy atom. The summed E-state index contributed by atoms with van der Waals surface area (Å²) in [5.74, 6) is 0.460. The van der Waals surface area contributed by atoms with Gasteiger partial charge >= 0.3 is 0 Å². The Hall–Kier alpha value is -2.48. The maximum atomic E-state index is 12.4. The highest BCUT2D eigenvalue weighted by atomic mass is 16.3. The first kappa shape index (κ1) is 16.4. The van der Waals surface area contributed by atoms with E-state index in [0.29, 0.717) is 24.5 Å². The number of β-amino-alcohol motifs (C(OH)–C–C–N with tert-alkyl or cyclic N) is 1. The number of hydrogen-bond donors (Lipinski definition) is 1. The van der Waals surface area contributed by atoms with Crippen LogP contribution < -0.4 is 4.90 Å². The Labute approximate surface area is 140 Å². The minimum atomic E-state index is -0.982. The fourth-order valence-corrected chi connectivity index (χ4v) is 3.13. The number of anilines is 1. The first-order chi connectivity index (χ1) is 11.5. The maximum absolute atomic E-state index is 12.4. The van der Waals surface area contributed by atoms with Crippen molar-refractivity contribution in [3.05, 3.63) is 36.4 Å². The van der Waals surface area contributed by atoms with Gasteiger partial charge in [-0.3, -0.25) is 9.48 Å². The normalized spacial score (nSPS) is 20.9. The molecule has 0 saturated carbocycles. The van der Waals surface area contributed by atoms with Crippen molar-refractivity contribution in [2.24, 2.45) is 7.05 Å². The third-order valence-electron chi connectivity index (χ3n) is 4.22. The number of aromatic nitrogens is 4. The summed E-state index contributed by atoms with van der Waals surface area (Å²) in [6.07, 6.45) is 8.05. The summed E-state index contributed by atoms with van der Waals surface area (Å²) >= 11 is 0. The van der Waals surface area contributed by atoms with Crippen LogP contribution in [0.15, 0.2) is 30.9 Å². The molecule has 24 heavy (non-hydrogen) atoms. The van der Waals surface area contributed by atoms with Gasteiger partial charge in [-0.25, -0.2) is 9.97 Å². The average Bonchev–Trinajstić information content (AvgIpc) is 3.01. The molecule has 1 amide bonds. The third-order valence-corrected chi connectivity index (χ3v) is 4.22. The van der Waals surface area contributed by atoms with E-state index in [2.05, 4.69) is 15.1 Å². The largest absolute Gasteiger partial charge is 0.386 e. The van der Waals surface area contributed by atoms with Gasteiger partial charge in [0.15, 0.2) is 0 Å². The van der Waals surface area contributed by atoms with E-state index in [1.54, 1.807) is 48.3 Å². The van der Waals surface area contributed by atoms with Crippen LogP contribution >= 0.6 is 0 Å². The number of likely N-dealkylation sites (N-methyl/N-ethyl adjacent to an activating group) is 1. The quantitative estimate of drug-likeness (QED) is 0.868. The zero-order chi connectivity index (χ0) is 17.2. The molecule has 1 atom stereocenters. The van der Waals surface area contributed by atoms with Gasteiger partial charge in [-0.2, -0.15) is 5.10 Å². The number of aryl methyl sites for hydroxylation is 1. The van der Waals surface area contributed by atoms with E-state index in [-0.39, 0.29) is 12.5 Å². The second-order valence-corrected chi connectivity index (χ2v) is 6.36. The fraction of sp³-hybridized carbons (Fsp3) is 0.500. The molecule has 1 saturated heterocycles. The highest BCUT2D eigenvalue weighted by Crippen LogP contribution is 2.25. The first-order valence-corrected chi connectivity index (χ1v) is 7.95. The first-order valence-electron chi connectivity index (χ1n) is 7.95. The fourth-order valence-electron chi connectivity index (χ4n) is 3.13. The summed E-state index contributed by atoms with van der Waals surface area (Å²) in [5, 5.41) is 15.0. The van der Waals surface area contributed by atoms with Crippen molar-refractivity contribution in [1.29, 1.82) is 0 Å². The number of carbonyl (C=O) groups excluding carboxylic acids is 1. The predicted molar refractivity (Wildman–Crippen MR) is 88.6 cm³/mol. The van der Waals surface area contributed by atoms with Crippen LogP contribution in [0.2, 0.25) is 0 Å². The molecule has 0 unspecified atom stereocenters. The molecule has 1 fully saturated rings. The topological polar surface area (TPSA) is 87.4 Å². The Morgan fingerprint density at radius 3 is 2.83 bits per heavy atom. The molecule has 1 N–H and O–H groups in total. The highest BCUT2D eigenvalue weighted by Gasteiger charge is 2.36. The van der Waals surface area contributed by atoms with Crippen LogP contribution in [0.4, 0.5) is 5.95 Å². The molecular weight excluding hydrogens is 308 g/mol. The predicted octanol–water partition coefficient (Wildman–Crippen LogP) is 0.314. The molecule has 1 aliphatic heterocycles. The molecule has 2 aromatic rings. The third kappa shape index (κ3) is 3.53. The van der Waals surface area contributed by atoms with Gasteiger partial charge in [0.1, 0.15) is 0 Å². The van der Waals surface area contributed by atoms with Crippen molar-refractivity contribution in [3.63, 3.8) is 0 Å². The molecule has 0 radical (unpaired) electrons. The minimum absolute atomic E-state index is 0.149. The van der Waals surface area contributed by atoms with Crippen molar-refractivity contribution >= 4 is 11.9 Å². The van der Waals surface area contributed by atoms with Gasteiger partial charge in [0.25, 0.3) is 5.91 Å². The molecular formula is C16H22N6O2. The van der Waals surface area contributed by atoms with Crippen LogP contribution in [0.25, 0.3) is 0 Å². The lowest BCUT2D eigenvalue weighted by Crippen LogP contribution is -2.55. The van der Waals surface area contributed by atoms with Gasteiger partial charge in [-0.15, -0.1) is 0 Å². The molecule has 2 aromatic heterocycles. The monoisotopic (exact) mass is 330 g/mol. The van der Waals surface area contributed by atoms with Crippen LogP contribution in [0.5, 0.6) is 0 Å². The molecule has 0 aliphatic carbocycles. The van der Waals surface area contributed by atoms with Crippen molar-refractivity contribution in [2.45, 2.75) is 18.4 Å². The van der Waals surface area contributed by atoms with Crippen LogP contribution in [0, 0.1) is 0 Å². The van der Waals surface area contributed by atoms with Crippen LogP contribution in [0.3, 0.4) is 0 Å². The molecule has 0 aromatic carbocycles. The average molecular weight is 330 g/mol. The SMILES string of the molecule is CN(C[C@@]1(O)CCCN(c2ncccn2)C1)C(=O)c1cnn(C)c1. The van der Waals surface area contributed by atoms with E-state index in [4.69, 9.17) is 0 Å².